The van der Waals surface area contributed by atoms with E-state index < -0.39 is 0 Å². The van der Waals surface area contributed by atoms with Gasteiger partial charge in [0.15, 0.2) is 0 Å². The topological polar surface area (TPSA) is 38.5 Å². The van der Waals surface area contributed by atoms with Crippen LogP contribution in [-0.4, -0.2) is 12.1 Å². The summed E-state index contributed by atoms with van der Waals surface area (Å²) in [5.41, 5.74) is 2.96. The molecule has 96 valence electrons. The zero-order valence-corrected chi connectivity index (χ0v) is 11.0. The number of ether oxygens (including phenoxy) is 1. The van der Waals surface area contributed by atoms with Crippen molar-refractivity contribution in [3.63, 3.8) is 0 Å². The largest absolute Gasteiger partial charge is 0.497 e. The molecule has 0 bridgehead atoms. The van der Waals surface area contributed by atoms with Crippen LogP contribution in [0.2, 0.25) is 0 Å². The summed E-state index contributed by atoms with van der Waals surface area (Å²) >= 11 is 0. The fourth-order valence-corrected chi connectivity index (χ4v) is 1.73. The second kappa shape index (κ2) is 5.87. The summed E-state index contributed by atoms with van der Waals surface area (Å²) in [5, 5.41) is 3.28. The van der Waals surface area contributed by atoms with E-state index in [4.69, 9.17) is 11.3 Å². The maximum Gasteiger partial charge on any atom is 0.272 e. The summed E-state index contributed by atoms with van der Waals surface area (Å²) in [7, 11) is 1.65. The number of benzene rings is 1. The number of anilines is 1. The minimum absolute atomic E-state index is 0.454. The fraction of sp³-hybridized carbons (Fsp3) is 0.200. The van der Waals surface area contributed by atoms with Crippen molar-refractivity contribution < 1.29 is 4.74 Å². The molecule has 0 saturated heterocycles. The lowest BCUT2D eigenvalue weighted by atomic mass is 10.2. The molecule has 0 aliphatic carbocycles. The lowest BCUT2D eigenvalue weighted by Gasteiger charge is -2.07. The van der Waals surface area contributed by atoms with E-state index >= 15 is 0 Å². The SMILES string of the molecule is [C-]#[N+]c1ncc(NCc2ccc(OC)cc2)cc1C. The van der Waals surface area contributed by atoms with E-state index in [1.54, 1.807) is 13.3 Å². The predicted molar refractivity (Wildman–Crippen MR) is 75.6 cm³/mol. The van der Waals surface area contributed by atoms with Gasteiger partial charge in [0.2, 0.25) is 0 Å². The Kier molecular flexibility index (Phi) is 3.99. The molecule has 0 aliphatic rings. The van der Waals surface area contributed by atoms with Crippen molar-refractivity contribution in [2.24, 2.45) is 0 Å². The molecule has 0 saturated carbocycles. The van der Waals surface area contributed by atoms with Gasteiger partial charge in [0.05, 0.1) is 12.8 Å². The quantitative estimate of drug-likeness (QED) is 0.847. The van der Waals surface area contributed by atoms with Gasteiger partial charge in [0, 0.05) is 6.54 Å². The number of aryl methyl sites for hydroxylation is 1. The summed E-state index contributed by atoms with van der Waals surface area (Å²) in [6, 6.07) is 9.83. The third kappa shape index (κ3) is 3.23. The first-order valence-corrected chi connectivity index (χ1v) is 5.94. The molecule has 1 heterocycles. The van der Waals surface area contributed by atoms with Gasteiger partial charge in [-0.05, 0) is 36.2 Å². The van der Waals surface area contributed by atoms with Crippen molar-refractivity contribution in [2.75, 3.05) is 12.4 Å². The van der Waals surface area contributed by atoms with Crippen LogP contribution in [0.5, 0.6) is 5.75 Å². The van der Waals surface area contributed by atoms with E-state index in [2.05, 4.69) is 15.1 Å². The molecular weight excluding hydrogens is 238 g/mol. The smallest absolute Gasteiger partial charge is 0.272 e. The van der Waals surface area contributed by atoms with Crippen LogP contribution in [0.3, 0.4) is 0 Å². The molecular formula is C15H15N3O. The summed E-state index contributed by atoms with van der Waals surface area (Å²) < 4.78 is 5.11. The first-order chi connectivity index (χ1) is 9.22. The van der Waals surface area contributed by atoms with Gasteiger partial charge in [0.1, 0.15) is 11.9 Å². The van der Waals surface area contributed by atoms with E-state index in [0.717, 1.165) is 22.6 Å². The molecule has 0 amide bonds. The van der Waals surface area contributed by atoms with Crippen LogP contribution in [0.15, 0.2) is 36.5 Å². The van der Waals surface area contributed by atoms with E-state index in [9.17, 15) is 0 Å². The Labute approximate surface area is 112 Å². The number of methoxy groups -OCH3 is 1. The Hall–Kier alpha value is -2.54. The van der Waals surface area contributed by atoms with Crippen molar-refractivity contribution in [1.29, 1.82) is 0 Å². The minimum atomic E-state index is 0.454. The molecule has 0 spiro atoms. The van der Waals surface area contributed by atoms with E-state index in [1.165, 1.54) is 0 Å². The number of aromatic nitrogens is 1. The molecule has 0 atom stereocenters. The van der Waals surface area contributed by atoms with Gasteiger partial charge >= 0.3 is 0 Å². The van der Waals surface area contributed by atoms with Gasteiger partial charge < -0.3 is 14.9 Å². The van der Waals surface area contributed by atoms with Crippen LogP contribution in [0.25, 0.3) is 4.85 Å². The first-order valence-electron chi connectivity index (χ1n) is 5.94. The third-order valence-corrected chi connectivity index (χ3v) is 2.81. The molecule has 0 fully saturated rings. The fourth-order valence-electron chi connectivity index (χ4n) is 1.73. The molecule has 2 rings (SSSR count). The molecule has 0 radical (unpaired) electrons. The Bertz CT molecular complexity index is 600. The Morgan fingerprint density at radius 3 is 2.63 bits per heavy atom. The number of pyridine rings is 1. The van der Waals surface area contributed by atoms with E-state index in [1.807, 2.05) is 37.3 Å². The molecule has 4 nitrogen and oxygen atoms in total. The van der Waals surface area contributed by atoms with Gasteiger partial charge in [-0.1, -0.05) is 18.7 Å². The molecule has 1 aromatic heterocycles. The van der Waals surface area contributed by atoms with Gasteiger partial charge in [-0.2, -0.15) is 0 Å². The number of hydrogen-bond donors (Lipinski definition) is 1. The number of rotatable bonds is 4. The maximum absolute atomic E-state index is 6.96. The average molecular weight is 253 g/mol. The van der Waals surface area contributed by atoms with Gasteiger partial charge in [-0.25, -0.2) is 0 Å². The molecule has 4 heteroatoms. The first kappa shape index (κ1) is 12.9. The van der Waals surface area contributed by atoms with Crippen molar-refractivity contribution in [3.05, 3.63) is 59.1 Å². The Morgan fingerprint density at radius 2 is 2.05 bits per heavy atom. The highest BCUT2D eigenvalue weighted by atomic mass is 16.5. The second-order valence-electron chi connectivity index (χ2n) is 4.18. The highest BCUT2D eigenvalue weighted by Crippen LogP contribution is 2.19. The molecule has 0 unspecified atom stereocenters. The molecule has 1 aromatic carbocycles. The van der Waals surface area contributed by atoms with Gasteiger partial charge in [0.25, 0.3) is 5.82 Å². The van der Waals surface area contributed by atoms with Crippen molar-refractivity contribution in [1.82, 2.24) is 4.98 Å². The average Bonchev–Trinajstić information content (AvgIpc) is 2.46. The van der Waals surface area contributed by atoms with E-state index in [0.29, 0.717) is 12.4 Å². The summed E-state index contributed by atoms with van der Waals surface area (Å²) in [6.45, 7) is 9.56. The highest BCUT2D eigenvalue weighted by molar-refractivity contribution is 5.53. The number of hydrogen-bond acceptors (Lipinski definition) is 3. The molecule has 0 aliphatic heterocycles. The molecule has 1 N–H and O–H groups in total. The maximum atomic E-state index is 6.96. The lowest BCUT2D eigenvalue weighted by Crippen LogP contribution is -2.00. The Balaban J connectivity index is 2.02. The lowest BCUT2D eigenvalue weighted by molar-refractivity contribution is 0.414. The minimum Gasteiger partial charge on any atom is -0.497 e. The zero-order valence-electron chi connectivity index (χ0n) is 11.0. The number of nitrogens with zero attached hydrogens (tertiary/aromatic N) is 2. The highest BCUT2D eigenvalue weighted by Gasteiger charge is 2.02. The van der Waals surface area contributed by atoms with Crippen LogP contribution in [0.4, 0.5) is 11.5 Å². The monoisotopic (exact) mass is 253 g/mol. The summed E-state index contributed by atoms with van der Waals surface area (Å²) in [5.74, 6) is 1.30. The van der Waals surface area contributed by atoms with Crippen LogP contribution >= 0.6 is 0 Å². The third-order valence-electron chi connectivity index (χ3n) is 2.81. The predicted octanol–water partition coefficient (Wildman–Crippen LogP) is 3.56. The molecule has 2 aromatic rings. The van der Waals surface area contributed by atoms with Crippen molar-refractivity contribution >= 4 is 11.5 Å². The van der Waals surface area contributed by atoms with E-state index in [-0.39, 0.29) is 0 Å². The van der Waals surface area contributed by atoms with Crippen LogP contribution in [0.1, 0.15) is 11.1 Å². The molecule has 19 heavy (non-hydrogen) atoms. The second-order valence-corrected chi connectivity index (χ2v) is 4.18. The van der Waals surface area contributed by atoms with Crippen LogP contribution < -0.4 is 10.1 Å². The van der Waals surface area contributed by atoms with Gasteiger partial charge in [-0.3, -0.25) is 0 Å². The summed E-state index contributed by atoms with van der Waals surface area (Å²) in [6.07, 6.45) is 1.68. The van der Waals surface area contributed by atoms with Crippen molar-refractivity contribution in [2.45, 2.75) is 13.5 Å². The van der Waals surface area contributed by atoms with Gasteiger partial charge in [-0.15, -0.1) is 4.98 Å². The normalized spacial score (nSPS) is 9.74. The standard InChI is InChI=1S/C15H15N3O/c1-11-8-13(10-18-15(11)16-2)17-9-12-4-6-14(19-3)7-5-12/h4-8,10,17H,9H2,1,3H3. The Morgan fingerprint density at radius 1 is 1.32 bits per heavy atom. The summed E-state index contributed by atoms with van der Waals surface area (Å²) in [4.78, 5) is 7.45. The zero-order chi connectivity index (χ0) is 13.7. The van der Waals surface area contributed by atoms with Crippen molar-refractivity contribution in [3.8, 4) is 5.75 Å². The number of nitrogens with one attached hydrogen (secondary N) is 1. The van der Waals surface area contributed by atoms with Crippen LogP contribution in [-0.2, 0) is 6.54 Å². The van der Waals surface area contributed by atoms with Crippen LogP contribution in [0, 0.1) is 13.5 Å².